The molecule has 0 radical (unpaired) electrons. The van der Waals surface area contributed by atoms with Crippen LogP contribution in [0.15, 0.2) is 36.7 Å². The van der Waals surface area contributed by atoms with Crippen LogP contribution in [0.1, 0.15) is 25.8 Å². The Morgan fingerprint density at radius 3 is 3.04 bits per heavy atom. The van der Waals surface area contributed by atoms with E-state index in [9.17, 15) is 4.79 Å². The summed E-state index contributed by atoms with van der Waals surface area (Å²) in [6.45, 7) is 4.94. The standard InChI is InChI=1S/C19H24N4O2/c1-5-10-23-14-16(12-20-23)13-22(4)19(24)21-17-8-7-9-18(11-17)25-15(3)6-2/h1,7-9,11-12,14-15H,6,10,13H2,2-4H3,(H,21,24). The molecule has 0 aliphatic heterocycles. The lowest BCUT2D eigenvalue weighted by atomic mass is 10.2. The lowest BCUT2D eigenvalue weighted by Crippen LogP contribution is -2.30. The van der Waals surface area contributed by atoms with Crippen molar-refractivity contribution in [2.45, 2.75) is 39.5 Å². The Kier molecular flexibility index (Phi) is 6.47. The number of carbonyl (C=O) groups excluding carboxylic acids is 1. The summed E-state index contributed by atoms with van der Waals surface area (Å²) in [5.74, 6) is 3.27. The van der Waals surface area contributed by atoms with E-state index in [2.05, 4.69) is 23.3 Å². The molecule has 25 heavy (non-hydrogen) atoms. The Hall–Kier alpha value is -2.94. The van der Waals surface area contributed by atoms with Crippen molar-refractivity contribution >= 4 is 11.7 Å². The molecule has 1 aromatic carbocycles. The van der Waals surface area contributed by atoms with E-state index >= 15 is 0 Å². The minimum Gasteiger partial charge on any atom is -0.491 e. The highest BCUT2D eigenvalue weighted by Gasteiger charge is 2.11. The molecule has 1 heterocycles. The molecule has 0 aliphatic carbocycles. The molecule has 1 atom stereocenters. The van der Waals surface area contributed by atoms with Crippen LogP contribution in [0.4, 0.5) is 10.5 Å². The summed E-state index contributed by atoms with van der Waals surface area (Å²) in [5, 5.41) is 7.02. The third kappa shape index (κ3) is 5.57. The summed E-state index contributed by atoms with van der Waals surface area (Å²) in [5.41, 5.74) is 1.61. The number of nitrogens with zero attached hydrogens (tertiary/aromatic N) is 3. The Morgan fingerprint density at radius 2 is 2.32 bits per heavy atom. The summed E-state index contributed by atoms with van der Waals surface area (Å²) in [6, 6.07) is 7.19. The zero-order valence-corrected chi connectivity index (χ0v) is 14.9. The Morgan fingerprint density at radius 1 is 1.52 bits per heavy atom. The van der Waals surface area contributed by atoms with E-state index in [1.165, 1.54) is 0 Å². The Balaban J connectivity index is 1.94. The summed E-state index contributed by atoms with van der Waals surface area (Å²) in [7, 11) is 1.73. The average Bonchev–Trinajstić information content (AvgIpc) is 3.02. The van der Waals surface area contributed by atoms with Crippen molar-refractivity contribution in [3.05, 3.63) is 42.2 Å². The van der Waals surface area contributed by atoms with Crippen molar-refractivity contribution in [3.63, 3.8) is 0 Å². The first kappa shape index (κ1) is 18.4. The maximum absolute atomic E-state index is 12.4. The lowest BCUT2D eigenvalue weighted by molar-refractivity contribution is 0.217. The molecule has 0 saturated heterocycles. The highest BCUT2D eigenvalue weighted by Crippen LogP contribution is 2.19. The number of aromatic nitrogens is 2. The first-order chi connectivity index (χ1) is 12.0. The first-order valence-electron chi connectivity index (χ1n) is 8.25. The van der Waals surface area contributed by atoms with Crippen molar-refractivity contribution in [2.75, 3.05) is 12.4 Å². The van der Waals surface area contributed by atoms with Gasteiger partial charge >= 0.3 is 6.03 Å². The number of ether oxygens (including phenoxy) is 1. The summed E-state index contributed by atoms with van der Waals surface area (Å²) in [4.78, 5) is 13.9. The van der Waals surface area contributed by atoms with Crippen LogP contribution in [0.3, 0.4) is 0 Å². The van der Waals surface area contributed by atoms with Gasteiger partial charge in [-0.15, -0.1) is 6.42 Å². The molecule has 0 spiro atoms. The second kappa shape index (κ2) is 8.78. The van der Waals surface area contributed by atoms with Gasteiger partial charge in [-0.1, -0.05) is 18.9 Å². The highest BCUT2D eigenvalue weighted by molar-refractivity contribution is 5.89. The zero-order valence-electron chi connectivity index (χ0n) is 14.9. The minimum absolute atomic E-state index is 0.133. The van der Waals surface area contributed by atoms with Gasteiger partial charge in [0.05, 0.1) is 18.8 Å². The predicted molar refractivity (Wildman–Crippen MR) is 98.4 cm³/mol. The number of hydrogen-bond acceptors (Lipinski definition) is 3. The third-order valence-electron chi connectivity index (χ3n) is 3.70. The highest BCUT2D eigenvalue weighted by atomic mass is 16.5. The number of carbonyl (C=O) groups is 1. The molecule has 1 aromatic heterocycles. The second-order valence-corrected chi connectivity index (χ2v) is 5.90. The van der Waals surface area contributed by atoms with Crippen LogP contribution in [0.5, 0.6) is 5.75 Å². The number of terminal acetylenes is 1. The summed E-state index contributed by atoms with van der Waals surface area (Å²) in [6.07, 6.45) is 9.86. The number of amides is 2. The maximum atomic E-state index is 12.4. The van der Waals surface area contributed by atoms with Gasteiger partial charge in [-0.3, -0.25) is 4.68 Å². The van der Waals surface area contributed by atoms with Crippen LogP contribution >= 0.6 is 0 Å². The smallest absolute Gasteiger partial charge is 0.321 e. The number of nitrogens with one attached hydrogen (secondary N) is 1. The van der Waals surface area contributed by atoms with Crippen LogP contribution < -0.4 is 10.1 Å². The van der Waals surface area contributed by atoms with E-state index in [-0.39, 0.29) is 12.1 Å². The fourth-order valence-electron chi connectivity index (χ4n) is 2.20. The van der Waals surface area contributed by atoms with Gasteiger partial charge in [0.1, 0.15) is 12.3 Å². The van der Waals surface area contributed by atoms with Gasteiger partial charge in [-0.25, -0.2) is 4.79 Å². The van der Waals surface area contributed by atoms with Crippen molar-refractivity contribution in [2.24, 2.45) is 0 Å². The van der Waals surface area contributed by atoms with Crippen molar-refractivity contribution in [1.82, 2.24) is 14.7 Å². The van der Waals surface area contributed by atoms with Crippen molar-refractivity contribution in [3.8, 4) is 18.1 Å². The molecule has 132 valence electrons. The topological polar surface area (TPSA) is 59.4 Å². The van der Waals surface area contributed by atoms with Gasteiger partial charge in [0.15, 0.2) is 0 Å². The SMILES string of the molecule is C#CCn1cc(CN(C)C(=O)Nc2cccc(OC(C)CC)c2)cn1. The maximum Gasteiger partial charge on any atom is 0.321 e. The normalized spacial score (nSPS) is 11.4. The molecular weight excluding hydrogens is 316 g/mol. The van der Waals surface area contributed by atoms with E-state index in [0.717, 1.165) is 17.7 Å². The first-order valence-corrected chi connectivity index (χ1v) is 8.25. The van der Waals surface area contributed by atoms with Gasteiger partial charge in [0.25, 0.3) is 0 Å². The molecular formula is C19H24N4O2. The van der Waals surface area contributed by atoms with Crippen molar-refractivity contribution < 1.29 is 9.53 Å². The van der Waals surface area contributed by atoms with Crippen molar-refractivity contribution in [1.29, 1.82) is 0 Å². The molecule has 0 fully saturated rings. The largest absolute Gasteiger partial charge is 0.491 e. The third-order valence-corrected chi connectivity index (χ3v) is 3.70. The molecule has 2 amide bonds. The molecule has 6 nitrogen and oxygen atoms in total. The van der Waals surface area contributed by atoms with Crippen LogP contribution in [-0.4, -0.2) is 33.9 Å². The Labute approximate surface area is 148 Å². The summed E-state index contributed by atoms with van der Waals surface area (Å²) >= 11 is 0. The van der Waals surface area contributed by atoms with Crippen LogP contribution in [0, 0.1) is 12.3 Å². The molecule has 1 unspecified atom stereocenters. The van der Waals surface area contributed by atoms with E-state index in [1.54, 1.807) is 22.8 Å². The van der Waals surface area contributed by atoms with Gasteiger partial charge in [-0.2, -0.15) is 5.10 Å². The Bertz CT molecular complexity index is 748. The van der Waals surface area contributed by atoms with Crippen LogP contribution in [0.25, 0.3) is 0 Å². The number of urea groups is 1. The monoisotopic (exact) mass is 340 g/mol. The molecule has 2 rings (SSSR count). The van der Waals surface area contributed by atoms with Gasteiger partial charge in [0, 0.05) is 30.6 Å². The van der Waals surface area contributed by atoms with Gasteiger partial charge < -0.3 is 15.0 Å². The minimum atomic E-state index is -0.203. The van der Waals surface area contributed by atoms with E-state index in [4.69, 9.17) is 11.2 Å². The predicted octanol–water partition coefficient (Wildman–Crippen LogP) is 3.36. The summed E-state index contributed by atoms with van der Waals surface area (Å²) < 4.78 is 7.44. The van der Waals surface area contributed by atoms with E-state index in [0.29, 0.717) is 18.8 Å². The number of rotatable bonds is 7. The quantitative estimate of drug-likeness (QED) is 0.786. The van der Waals surface area contributed by atoms with Crippen LogP contribution in [-0.2, 0) is 13.1 Å². The average molecular weight is 340 g/mol. The fourth-order valence-corrected chi connectivity index (χ4v) is 2.20. The number of anilines is 1. The number of hydrogen-bond donors (Lipinski definition) is 1. The second-order valence-electron chi connectivity index (χ2n) is 5.90. The molecule has 1 N–H and O–H groups in total. The van der Waals surface area contributed by atoms with E-state index in [1.807, 2.05) is 37.4 Å². The van der Waals surface area contributed by atoms with Crippen LogP contribution in [0.2, 0.25) is 0 Å². The zero-order chi connectivity index (χ0) is 18.2. The van der Waals surface area contributed by atoms with Gasteiger partial charge in [0.2, 0.25) is 0 Å². The van der Waals surface area contributed by atoms with Gasteiger partial charge in [-0.05, 0) is 25.5 Å². The van der Waals surface area contributed by atoms with E-state index < -0.39 is 0 Å². The number of benzene rings is 1. The molecule has 0 aliphatic rings. The molecule has 0 saturated carbocycles. The molecule has 2 aromatic rings. The molecule has 0 bridgehead atoms. The fraction of sp³-hybridized carbons (Fsp3) is 0.368. The molecule has 6 heteroatoms. The lowest BCUT2D eigenvalue weighted by Gasteiger charge is -2.18.